The van der Waals surface area contributed by atoms with Crippen LogP contribution in [0.2, 0.25) is 0 Å². The van der Waals surface area contributed by atoms with Crippen molar-refractivity contribution in [2.24, 2.45) is 0 Å². The number of halogens is 1. The van der Waals surface area contributed by atoms with Crippen LogP contribution in [0.5, 0.6) is 0 Å². The molecular formula is C27H25FN2O2. The van der Waals surface area contributed by atoms with E-state index in [1.807, 2.05) is 54.6 Å². The monoisotopic (exact) mass is 428 g/mol. The van der Waals surface area contributed by atoms with Crippen LogP contribution in [-0.4, -0.2) is 23.3 Å². The highest BCUT2D eigenvalue weighted by Crippen LogP contribution is 2.31. The van der Waals surface area contributed by atoms with Gasteiger partial charge in [-0.1, -0.05) is 68.4 Å². The molecule has 2 amide bonds. The second-order valence-electron chi connectivity index (χ2n) is 8.16. The molecule has 0 aliphatic carbocycles. The Balaban J connectivity index is 1.65. The Morgan fingerprint density at radius 3 is 2.12 bits per heavy atom. The first-order valence-corrected chi connectivity index (χ1v) is 10.7. The summed E-state index contributed by atoms with van der Waals surface area (Å²) in [5.41, 5.74) is 3.93. The third kappa shape index (κ3) is 4.47. The molecule has 0 spiro atoms. The first kappa shape index (κ1) is 21.5. The number of amides is 2. The summed E-state index contributed by atoms with van der Waals surface area (Å²) < 4.78 is 13.5. The summed E-state index contributed by atoms with van der Waals surface area (Å²) in [6.07, 6.45) is 0.561. The molecule has 1 heterocycles. The molecule has 0 aromatic heterocycles. The van der Waals surface area contributed by atoms with E-state index in [0.29, 0.717) is 17.9 Å². The third-order valence-electron chi connectivity index (χ3n) is 5.61. The number of hydrogen-bond donors (Lipinski definition) is 1. The number of rotatable bonds is 7. The lowest BCUT2D eigenvalue weighted by atomic mass is 10.0. The van der Waals surface area contributed by atoms with Gasteiger partial charge in [-0.2, -0.15) is 0 Å². The van der Waals surface area contributed by atoms with Crippen LogP contribution in [-0.2, 0) is 16.0 Å². The second-order valence-corrected chi connectivity index (χ2v) is 8.16. The van der Waals surface area contributed by atoms with E-state index in [4.69, 9.17) is 0 Å². The van der Waals surface area contributed by atoms with Gasteiger partial charge in [-0.3, -0.25) is 14.5 Å². The molecule has 1 aliphatic rings. The lowest BCUT2D eigenvalue weighted by molar-refractivity contribution is -0.136. The summed E-state index contributed by atoms with van der Waals surface area (Å²) in [6.45, 7) is 4.49. The average Bonchev–Trinajstić information content (AvgIpc) is 3.03. The molecule has 1 aliphatic heterocycles. The minimum Gasteiger partial charge on any atom is -0.350 e. The molecule has 1 N–H and O–H groups in total. The molecule has 0 radical (unpaired) electrons. The molecule has 0 saturated carbocycles. The van der Waals surface area contributed by atoms with Crippen LogP contribution >= 0.6 is 0 Å². The molecule has 4 rings (SSSR count). The van der Waals surface area contributed by atoms with Gasteiger partial charge in [-0.25, -0.2) is 4.39 Å². The van der Waals surface area contributed by atoms with Gasteiger partial charge in [-0.15, -0.1) is 0 Å². The smallest absolute Gasteiger partial charge is 0.278 e. The first-order chi connectivity index (χ1) is 15.4. The van der Waals surface area contributed by atoms with Gasteiger partial charge in [0.25, 0.3) is 11.8 Å². The van der Waals surface area contributed by atoms with Crippen molar-refractivity contribution in [3.8, 4) is 0 Å². The van der Waals surface area contributed by atoms with E-state index < -0.39 is 5.82 Å². The molecule has 3 aromatic carbocycles. The van der Waals surface area contributed by atoms with Gasteiger partial charge < -0.3 is 5.32 Å². The van der Waals surface area contributed by atoms with E-state index >= 15 is 0 Å². The number of benzene rings is 3. The van der Waals surface area contributed by atoms with Gasteiger partial charge >= 0.3 is 0 Å². The Labute approximate surface area is 187 Å². The van der Waals surface area contributed by atoms with E-state index in [0.717, 1.165) is 11.3 Å². The highest BCUT2D eigenvalue weighted by Gasteiger charge is 2.38. The molecule has 4 nitrogen and oxygen atoms in total. The fraction of sp³-hybridized carbons (Fsp3) is 0.185. The van der Waals surface area contributed by atoms with Gasteiger partial charge in [0, 0.05) is 12.2 Å². The van der Waals surface area contributed by atoms with Crippen molar-refractivity contribution in [1.29, 1.82) is 0 Å². The fourth-order valence-corrected chi connectivity index (χ4v) is 3.76. The van der Waals surface area contributed by atoms with Gasteiger partial charge in [0.1, 0.15) is 11.5 Å². The van der Waals surface area contributed by atoms with Crippen molar-refractivity contribution in [3.63, 3.8) is 0 Å². The number of nitrogens with one attached hydrogen (secondary N) is 1. The van der Waals surface area contributed by atoms with Crippen LogP contribution in [0, 0.1) is 5.82 Å². The molecule has 0 fully saturated rings. The Bertz CT molecular complexity index is 1150. The Kier molecular flexibility index (Phi) is 6.17. The summed E-state index contributed by atoms with van der Waals surface area (Å²) in [4.78, 5) is 27.8. The average molecular weight is 429 g/mol. The predicted molar refractivity (Wildman–Crippen MR) is 124 cm³/mol. The second kappa shape index (κ2) is 9.18. The molecule has 32 heavy (non-hydrogen) atoms. The number of carbonyl (C=O) groups is 2. The quantitative estimate of drug-likeness (QED) is 0.514. The van der Waals surface area contributed by atoms with Gasteiger partial charge in [0.05, 0.1) is 5.57 Å². The van der Waals surface area contributed by atoms with Crippen LogP contribution in [0.15, 0.2) is 84.6 Å². The highest BCUT2D eigenvalue weighted by molar-refractivity contribution is 6.36. The van der Waals surface area contributed by atoms with Crippen molar-refractivity contribution in [2.75, 3.05) is 11.9 Å². The van der Waals surface area contributed by atoms with Crippen LogP contribution < -0.4 is 5.32 Å². The standard InChI is InChI=1S/C27H25FN2O2/c1-18(2)20-10-14-23(15-11-20)29-25-24(21-8-12-22(28)13-9-21)26(31)30(27(25)32)17-16-19-6-4-3-5-7-19/h3-15,18,29H,16-17H2,1-2H3. The van der Waals surface area contributed by atoms with Crippen molar-refractivity contribution in [1.82, 2.24) is 4.90 Å². The van der Waals surface area contributed by atoms with Crippen molar-refractivity contribution >= 4 is 23.1 Å². The maximum absolute atomic E-state index is 13.5. The molecule has 162 valence electrons. The molecule has 0 atom stereocenters. The molecule has 3 aromatic rings. The SMILES string of the molecule is CC(C)c1ccc(NC2=C(c3ccc(F)cc3)C(=O)N(CCc3ccccc3)C2=O)cc1. The van der Waals surface area contributed by atoms with E-state index in [1.54, 1.807) is 0 Å². The Hall–Kier alpha value is -3.73. The lowest BCUT2D eigenvalue weighted by Gasteiger charge is -2.15. The highest BCUT2D eigenvalue weighted by atomic mass is 19.1. The normalized spacial score (nSPS) is 13.9. The maximum Gasteiger partial charge on any atom is 0.278 e. The van der Waals surface area contributed by atoms with E-state index in [2.05, 4.69) is 19.2 Å². The van der Waals surface area contributed by atoms with E-state index in [9.17, 15) is 14.0 Å². The number of anilines is 1. The Morgan fingerprint density at radius 2 is 1.50 bits per heavy atom. The van der Waals surface area contributed by atoms with E-state index in [1.165, 1.54) is 34.7 Å². The topological polar surface area (TPSA) is 49.4 Å². The first-order valence-electron chi connectivity index (χ1n) is 10.7. The van der Waals surface area contributed by atoms with Crippen LogP contribution in [0.3, 0.4) is 0 Å². The number of nitrogens with zero attached hydrogens (tertiary/aromatic N) is 1. The predicted octanol–water partition coefficient (Wildman–Crippen LogP) is 5.38. The molecule has 0 unspecified atom stereocenters. The van der Waals surface area contributed by atoms with E-state index in [-0.39, 0.29) is 29.6 Å². The minimum atomic E-state index is -0.397. The summed E-state index contributed by atoms with van der Waals surface area (Å²) in [5.74, 6) is -0.760. The zero-order valence-corrected chi connectivity index (χ0v) is 18.1. The van der Waals surface area contributed by atoms with Crippen molar-refractivity contribution in [2.45, 2.75) is 26.2 Å². The molecule has 5 heteroatoms. The van der Waals surface area contributed by atoms with Gasteiger partial charge in [0.2, 0.25) is 0 Å². The molecule has 0 saturated heterocycles. The van der Waals surface area contributed by atoms with Crippen LogP contribution in [0.1, 0.15) is 36.5 Å². The summed E-state index contributed by atoms with van der Waals surface area (Å²) in [6, 6.07) is 23.2. The van der Waals surface area contributed by atoms with Crippen molar-refractivity contribution in [3.05, 3.63) is 107 Å². The fourth-order valence-electron chi connectivity index (χ4n) is 3.76. The summed E-state index contributed by atoms with van der Waals surface area (Å²) in [5, 5.41) is 3.15. The van der Waals surface area contributed by atoms with Crippen LogP contribution in [0.4, 0.5) is 10.1 Å². The number of carbonyl (C=O) groups excluding carboxylic acids is 2. The number of imide groups is 1. The molecular weight excluding hydrogens is 403 g/mol. The van der Waals surface area contributed by atoms with Gasteiger partial charge in [-0.05, 0) is 53.3 Å². The minimum absolute atomic E-state index is 0.215. The van der Waals surface area contributed by atoms with Crippen molar-refractivity contribution < 1.29 is 14.0 Å². The maximum atomic E-state index is 13.5. The summed E-state index contributed by atoms with van der Waals surface area (Å²) in [7, 11) is 0. The zero-order valence-electron chi connectivity index (χ0n) is 18.1. The number of hydrogen-bond acceptors (Lipinski definition) is 3. The summed E-state index contributed by atoms with van der Waals surface area (Å²) >= 11 is 0. The molecule has 0 bridgehead atoms. The Morgan fingerprint density at radius 1 is 0.844 bits per heavy atom. The zero-order chi connectivity index (χ0) is 22.7. The van der Waals surface area contributed by atoms with Crippen LogP contribution in [0.25, 0.3) is 5.57 Å². The lowest BCUT2D eigenvalue weighted by Crippen LogP contribution is -2.34. The van der Waals surface area contributed by atoms with Gasteiger partial charge in [0.15, 0.2) is 0 Å². The largest absolute Gasteiger partial charge is 0.350 e. The third-order valence-corrected chi connectivity index (χ3v) is 5.61.